The molecule has 0 fully saturated rings. The zero-order chi connectivity index (χ0) is 14.1. The molecular weight excluding hydrogens is 278 g/mol. The summed E-state index contributed by atoms with van der Waals surface area (Å²) in [7, 11) is 0. The third kappa shape index (κ3) is 2.69. The average Bonchev–Trinajstić information content (AvgIpc) is 2.81. The molecule has 2 aromatic carbocycles. The van der Waals surface area contributed by atoms with E-state index >= 15 is 0 Å². The molecule has 3 rings (SSSR count). The van der Waals surface area contributed by atoms with Crippen LogP contribution in [-0.2, 0) is 6.42 Å². The number of aromatic nitrogens is 1. The summed E-state index contributed by atoms with van der Waals surface area (Å²) in [6, 6.07) is 10.8. The normalized spacial score (nSPS) is 12.8. The van der Waals surface area contributed by atoms with Crippen LogP contribution in [0.2, 0.25) is 0 Å². The van der Waals surface area contributed by atoms with Crippen LogP contribution in [0.3, 0.4) is 0 Å². The van der Waals surface area contributed by atoms with E-state index in [1.165, 1.54) is 23.5 Å². The lowest BCUT2D eigenvalue weighted by Crippen LogP contribution is -2.13. The fourth-order valence-electron chi connectivity index (χ4n) is 2.12. The Labute approximate surface area is 118 Å². The SMILES string of the molecule is NC(Cc1cc(F)cc(F)c1)c1nc2ccccc2s1. The number of nitrogens with zero attached hydrogens (tertiary/aromatic N) is 1. The lowest BCUT2D eigenvalue weighted by Gasteiger charge is -2.08. The Morgan fingerprint density at radius 2 is 1.80 bits per heavy atom. The zero-order valence-corrected chi connectivity index (χ0v) is 11.3. The molecule has 2 N–H and O–H groups in total. The number of thiazole rings is 1. The molecule has 0 saturated carbocycles. The van der Waals surface area contributed by atoms with E-state index in [1.807, 2.05) is 24.3 Å². The Morgan fingerprint density at radius 3 is 2.50 bits per heavy atom. The first kappa shape index (κ1) is 13.1. The van der Waals surface area contributed by atoms with Crippen LogP contribution in [0.1, 0.15) is 16.6 Å². The molecular formula is C15H12F2N2S. The minimum atomic E-state index is -0.587. The van der Waals surface area contributed by atoms with E-state index in [0.29, 0.717) is 12.0 Å². The van der Waals surface area contributed by atoms with Crippen molar-refractivity contribution in [3.8, 4) is 0 Å². The maximum absolute atomic E-state index is 13.2. The van der Waals surface area contributed by atoms with Crippen molar-refractivity contribution in [3.05, 3.63) is 64.7 Å². The Kier molecular flexibility index (Phi) is 3.46. The van der Waals surface area contributed by atoms with Gasteiger partial charge in [-0.25, -0.2) is 13.8 Å². The van der Waals surface area contributed by atoms with E-state index in [0.717, 1.165) is 21.3 Å². The van der Waals surface area contributed by atoms with E-state index < -0.39 is 11.6 Å². The molecule has 1 aromatic heterocycles. The number of nitrogens with two attached hydrogens (primary N) is 1. The van der Waals surface area contributed by atoms with Gasteiger partial charge in [0.25, 0.3) is 0 Å². The van der Waals surface area contributed by atoms with Gasteiger partial charge in [-0.1, -0.05) is 12.1 Å². The van der Waals surface area contributed by atoms with E-state index in [9.17, 15) is 8.78 Å². The number of halogens is 2. The molecule has 0 aliphatic carbocycles. The molecule has 1 atom stereocenters. The van der Waals surface area contributed by atoms with Crippen molar-refractivity contribution >= 4 is 21.6 Å². The maximum atomic E-state index is 13.2. The number of fused-ring (bicyclic) bond motifs is 1. The van der Waals surface area contributed by atoms with Gasteiger partial charge in [0.2, 0.25) is 0 Å². The number of hydrogen-bond donors (Lipinski definition) is 1. The first-order valence-electron chi connectivity index (χ1n) is 6.18. The lowest BCUT2D eigenvalue weighted by molar-refractivity contribution is 0.576. The van der Waals surface area contributed by atoms with Crippen molar-refractivity contribution in [2.75, 3.05) is 0 Å². The zero-order valence-electron chi connectivity index (χ0n) is 10.5. The number of hydrogen-bond acceptors (Lipinski definition) is 3. The summed E-state index contributed by atoms with van der Waals surface area (Å²) in [5.74, 6) is -1.17. The molecule has 1 heterocycles. The summed E-state index contributed by atoms with van der Waals surface area (Å²) in [6.45, 7) is 0. The minimum absolute atomic E-state index is 0.356. The second-order valence-electron chi connectivity index (χ2n) is 4.61. The third-order valence-electron chi connectivity index (χ3n) is 3.01. The highest BCUT2D eigenvalue weighted by Crippen LogP contribution is 2.27. The molecule has 0 saturated heterocycles. The number of rotatable bonds is 3. The summed E-state index contributed by atoms with van der Waals surface area (Å²) < 4.78 is 27.4. The van der Waals surface area contributed by atoms with Gasteiger partial charge in [0.05, 0.1) is 16.3 Å². The average molecular weight is 290 g/mol. The van der Waals surface area contributed by atoms with Gasteiger partial charge in [0.1, 0.15) is 16.6 Å². The molecule has 102 valence electrons. The molecule has 0 radical (unpaired) electrons. The van der Waals surface area contributed by atoms with Crippen molar-refractivity contribution in [2.45, 2.75) is 12.5 Å². The van der Waals surface area contributed by atoms with Crippen molar-refractivity contribution < 1.29 is 8.78 Å². The summed E-state index contributed by atoms with van der Waals surface area (Å²) >= 11 is 1.51. The Morgan fingerprint density at radius 1 is 1.10 bits per heavy atom. The van der Waals surface area contributed by atoms with Crippen LogP contribution in [0.5, 0.6) is 0 Å². The van der Waals surface area contributed by atoms with E-state index in [1.54, 1.807) is 0 Å². The molecule has 1 unspecified atom stereocenters. The standard InChI is InChI=1S/C15H12F2N2S/c16-10-5-9(6-11(17)8-10)7-12(18)15-19-13-3-1-2-4-14(13)20-15/h1-6,8,12H,7,18H2. The van der Waals surface area contributed by atoms with Crippen molar-refractivity contribution in [1.29, 1.82) is 0 Å². The Balaban J connectivity index is 1.86. The summed E-state index contributed by atoms with van der Waals surface area (Å²) in [5.41, 5.74) is 7.53. The lowest BCUT2D eigenvalue weighted by atomic mass is 10.1. The van der Waals surface area contributed by atoms with Crippen molar-refractivity contribution in [2.24, 2.45) is 5.73 Å². The molecule has 0 bridgehead atoms. The van der Waals surface area contributed by atoms with Crippen LogP contribution in [0, 0.1) is 11.6 Å². The van der Waals surface area contributed by atoms with Crippen molar-refractivity contribution in [1.82, 2.24) is 4.98 Å². The van der Waals surface area contributed by atoms with E-state index in [-0.39, 0.29) is 6.04 Å². The Bertz CT molecular complexity index is 701. The second kappa shape index (κ2) is 5.26. The molecule has 5 heteroatoms. The topological polar surface area (TPSA) is 38.9 Å². The van der Waals surface area contributed by atoms with Crippen LogP contribution in [0.25, 0.3) is 10.2 Å². The van der Waals surface area contributed by atoms with Gasteiger partial charge in [-0.2, -0.15) is 0 Å². The summed E-state index contributed by atoms with van der Waals surface area (Å²) in [6.07, 6.45) is 0.356. The quantitative estimate of drug-likeness (QED) is 0.796. The highest BCUT2D eigenvalue weighted by atomic mass is 32.1. The van der Waals surface area contributed by atoms with E-state index in [2.05, 4.69) is 4.98 Å². The number of para-hydroxylation sites is 1. The van der Waals surface area contributed by atoms with Crippen molar-refractivity contribution in [3.63, 3.8) is 0 Å². The highest BCUT2D eigenvalue weighted by molar-refractivity contribution is 7.18. The largest absolute Gasteiger partial charge is 0.322 e. The molecule has 0 aliphatic heterocycles. The van der Waals surface area contributed by atoms with Crippen LogP contribution in [-0.4, -0.2) is 4.98 Å². The third-order valence-corrected chi connectivity index (χ3v) is 4.17. The fraction of sp³-hybridized carbons (Fsp3) is 0.133. The Hall–Kier alpha value is -1.85. The van der Waals surface area contributed by atoms with E-state index in [4.69, 9.17) is 5.73 Å². The van der Waals surface area contributed by atoms with Gasteiger partial charge in [-0.3, -0.25) is 0 Å². The molecule has 20 heavy (non-hydrogen) atoms. The van der Waals surface area contributed by atoms with Crippen LogP contribution >= 0.6 is 11.3 Å². The van der Waals surface area contributed by atoms with Gasteiger partial charge in [0, 0.05) is 6.07 Å². The maximum Gasteiger partial charge on any atom is 0.126 e. The molecule has 3 aromatic rings. The summed E-state index contributed by atoms with van der Waals surface area (Å²) in [4.78, 5) is 4.46. The first-order valence-corrected chi connectivity index (χ1v) is 6.99. The smallest absolute Gasteiger partial charge is 0.126 e. The van der Waals surface area contributed by atoms with Gasteiger partial charge >= 0.3 is 0 Å². The fourth-order valence-corrected chi connectivity index (χ4v) is 3.09. The molecule has 2 nitrogen and oxygen atoms in total. The monoisotopic (exact) mass is 290 g/mol. The molecule has 0 amide bonds. The van der Waals surface area contributed by atoms with Gasteiger partial charge < -0.3 is 5.73 Å². The van der Waals surface area contributed by atoms with Gasteiger partial charge in [-0.05, 0) is 36.2 Å². The summed E-state index contributed by atoms with van der Waals surface area (Å²) in [5, 5.41) is 0.774. The van der Waals surface area contributed by atoms with Gasteiger partial charge in [0.15, 0.2) is 0 Å². The predicted molar refractivity (Wildman–Crippen MR) is 76.6 cm³/mol. The second-order valence-corrected chi connectivity index (χ2v) is 5.67. The molecule has 0 spiro atoms. The predicted octanol–water partition coefficient (Wildman–Crippen LogP) is 3.82. The van der Waals surface area contributed by atoms with Gasteiger partial charge in [-0.15, -0.1) is 11.3 Å². The van der Waals surface area contributed by atoms with Crippen LogP contribution < -0.4 is 5.73 Å². The molecule has 0 aliphatic rings. The number of benzene rings is 2. The van der Waals surface area contributed by atoms with Crippen LogP contribution in [0.4, 0.5) is 8.78 Å². The first-order chi connectivity index (χ1) is 9.61. The van der Waals surface area contributed by atoms with Crippen LogP contribution in [0.15, 0.2) is 42.5 Å². The highest BCUT2D eigenvalue weighted by Gasteiger charge is 2.13. The minimum Gasteiger partial charge on any atom is -0.322 e.